The van der Waals surface area contributed by atoms with Crippen LogP contribution in [0.25, 0.3) is 0 Å². The molecule has 0 spiro atoms. The Hall–Kier alpha value is -2.32. The lowest BCUT2D eigenvalue weighted by Crippen LogP contribution is -2.45. The predicted molar refractivity (Wildman–Crippen MR) is 131 cm³/mol. The van der Waals surface area contributed by atoms with Gasteiger partial charge in [0.15, 0.2) is 5.96 Å². The molecule has 1 aromatic rings. The maximum Gasteiger partial charge on any atom is 0.407 e. The van der Waals surface area contributed by atoms with Crippen molar-refractivity contribution in [3.63, 3.8) is 0 Å². The standard InChI is InChI=1S/C24H42N6O2/c1-6-25-22(26-12-13-27-23(31)32-24(3,4)5)28-18-20-8-10-21(11-9-20)19-30-16-14-29(7-2)15-17-30/h8-11H,6-7,12-19H2,1-5H3,(H,27,31)(H2,25,26,28). The van der Waals surface area contributed by atoms with Crippen LogP contribution in [0.3, 0.4) is 0 Å². The van der Waals surface area contributed by atoms with Crippen molar-refractivity contribution in [2.75, 3.05) is 52.4 Å². The molecule has 1 aliphatic rings. The highest BCUT2D eigenvalue weighted by atomic mass is 16.6. The molecule has 0 aromatic heterocycles. The van der Waals surface area contributed by atoms with E-state index in [1.54, 1.807) is 0 Å². The quantitative estimate of drug-likeness (QED) is 0.307. The monoisotopic (exact) mass is 446 g/mol. The van der Waals surface area contributed by atoms with Crippen LogP contribution in [0.5, 0.6) is 0 Å². The number of carbonyl (C=O) groups excluding carboxylic acids is 1. The van der Waals surface area contributed by atoms with E-state index in [4.69, 9.17) is 4.74 Å². The van der Waals surface area contributed by atoms with Gasteiger partial charge in [0.1, 0.15) is 5.60 Å². The van der Waals surface area contributed by atoms with Crippen LogP contribution in [0.1, 0.15) is 45.7 Å². The Morgan fingerprint density at radius 3 is 2.12 bits per heavy atom. The van der Waals surface area contributed by atoms with E-state index >= 15 is 0 Å². The van der Waals surface area contributed by atoms with Crippen molar-refractivity contribution < 1.29 is 9.53 Å². The highest BCUT2D eigenvalue weighted by Gasteiger charge is 2.16. The largest absolute Gasteiger partial charge is 0.444 e. The van der Waals surface area contributed by atoms with Crippen molar-refractivity contribution in [2.24, 2.45) is 4.99 Å². The van der Waals surface area contributed by atoms with Gasteiger partial charge in [0, 0.05) is 52.4 Å². The van der Waals surface area contributed by atoms with Crippen LogP contribution in [0.4, 0.5) is 4.79 Å². The summed E-state index contributed by atoms with van der Waals surface area (Å²) < 4.78 is 5.24. The number of guanidine groups is 1. The SMILES string of the molecule is CCNC(=NCc1ccc(CN2CCN(CC)CC2)cc1)NCCNC(=O)OC(C)(C)C. The number of benzene rings is 1. The first-order chi connectivity index (χ1) is 15.3. The zero-order chi connectivity index (χ0) is 23.4. The lowest BCUT2D eigenvalue weighted by atomic mass is 10.1. The minimum Gasteiger partial charge on any atom is -0.444 e. The second kappa shape index (κ2) is 13.3. The van der Waals surface area contributed by atoms with E-state index in [-0.39, 0.29) is 0 Å². The van der Waals surface area contributed by atoms with Gasteiger partial charge < -0.3 is 25.6 Å². The third kappa shape index (κ3) is 10.3. The van der Waals surface area contributed by atoms with Crippen LogP contribution in [0.15, 0.2) is 29.3 Å². The Kier molecular flexibility index (Phi) is 10.8. The second-order valence-corrected chi connectivity index (χ2v) is 9.08. The van der Waals surface area contributed by atoms with Crippen molar-refractivity contribution >= 4 is 12.1 Å². The number of alkyl carbamates (subject to hydrolysis) is 1. The molecule has 1 amide bonds. The van der Waals surface area contributed by atoms with Gasteiger partial charge in [-0.05, 0) is 45.4 Å². The molecule has 1 fully saturated rings. The highest BCUT2D eigenvalue weighted by Crippen LogP contribution is 2.11. The Morgan fingerprint density at radius 2 is 1.53 bits per heavy atom. The number of ether oxygens (including phenoxy) is 1. The van der Waals surface area contributed by atoms with Gasteiger partial charge in [-0.25, -0.2) is 9.79 Å². The molecule has 32 heavy (non-hydrogen) atoms. The maximum atomic E-state index is 11.7. The Bertz CT molecular complexity index is 706. The summed E-state index contributed by atoms with van der Waals surface area (Å²) in [6.45, 7) is 19.0. The molecular weight excluding hydrogens is 404 g/mol. The van der Waals surface area contributed by atoms with Crippen LogP contribution >= 0.6 is 0 Å². The summed E-state index contributed by atoms with van der Waals surface area (Å²) in [5, 5.41) is 9.22. The van der Waals surface area contributed by atoms with Gasteiger partial charge in [-0.2, -0.15) is 0 Å². The third-order valence-corrected chi connectivity index (χ3v) is 5.19. The number of piperazine rings is 1. The first-order valence-electron chi connectivity index (χ1n) is 11.8. The summed E-state index contributed by atoms with van der Waals surface area (Å²) in [5.74, 6) is 0.733. The van der Waals surface area contributed by atoms with Crippen molar-refractivity contribution in [3.8, 4) is 0 Å². The van der Waals surface area contributed by atoms with Gasteiger partial charge in [-0.1, -0.05) is 31.2 Å². The number of hydrogen-bond acceptors (Lipinski definition) is 5. The topological polar surface area (TPSA) is 81.2 Å². The van der Waals surface area contributed by atoms with Crippen molar-refractivity contribution in [3.05, 3.63) is 35.4 Å². The summed E-state index contributed by atoms with van der Waals surface area (Å²) in [4.78, 5) is 21.4. The molecule has 0 unspecified atom stereocenters. The predicted octanol–water partition coefficient (Wildman–Crippen LogP) is 2.40. The van der Waals surface area contributed by atoms with E-state index in [9.17, 15) is 4.79 Å². The maximum absolute atomic E-state index is 11.7. The number of hydrogen-bond donors (Lipinski definition) is 3. The van der Waals surface area contributed by atoms with E-state index in [0.29, 0.717) is 19.6 Å². The number of nitrogens with one attached hydrogen (secondary N) is 3. The minimum atomic E-state index is -0.493. The molecule has 0 saturated carbocycles. The normalized spacial score (nSPS) is 16.0. The van der Waals surface area contributed by atoms with Gasteiger partial charge in [0.05, 0.1) is 6.54 Å². The van der Waals surface area contributed by atoms with Crippen molar-refractivity contribution in [2.45, 2.75) is 53.3 Å². The molecule has 1 aromatic carbocycles. The molecule has 1 heterocycles. The summed E-state index contributed by atoms with van der Waals surface area (Å²) in [5.41, 5.74) is 2.03. The molecule has 0 bridgehead atoms. The van der Waals surface area contributed by atoms with Gasteiger partial charge >= 0.3 is 6.09 Å². The number of carbonyl (C=O) groups is 1. The molecule has 0 radical (unpaired) electrons. The lowest BCUT2D eigenvalue weighted by molar-refractivity contribution is 0.0529. The van der Waals surface area contributed by atoms with E-state index in [1.807, 2.05) is 27.7 Å². The smallest absolute Gasteiger partial charge is 0.407 e. The minimum absolute atomic E-state index is 0.409. The molecule has 0 atom stereocenters. The van der Waals surface area contributed by atoms with Gasteiger partial charge in [0.25, 0.3) is 0 Å². The fourth-order valence-corrected chi connectivity index (χ4v) is 3.44. The molecule has 0 aliphatic carbocycles. The van der Waals surface area contributed by atoms with Gasteiger partial charge in [-0.3, -0.25) is 4.90 Å². The van der Waals surface area contributed by atoms with E-state index in [2.05, 4.69) is 61.9 Å². The Morgan fingerprint density at radius 1 is 0.938 bits per heavy atom. The van der Waals surface area contributed by atoms with Gasteiger partial charge in [-0.15, -0.1) is 0 Å². The fourth-order valence-electron chi connectivity index (χ4n) is 3.44. The average Bonchev–Trinajstić information content (AvgIpc) is 2.75. The Balaban J connectivity index is 1.75. The molecule has 180 valence electrons. The fraction of sp³-hybridized carbons (Fsp3) is 0.667. The van der Waals surface area contributed by atoms with Crippen LogP contribution in [-0.2, 0) is 17.8 Å². The average molecular weight is 447 g/mol. The molecule has 3 N–H and O–H groups in total. The zero-order valence-corrected chi connectivity index (χ0v) is 20.5. The number of aliphatic imine (C=N–C) groups is 1. The van der Waals surface area contributed by atoms with Crippen LogP contribution in [0, 0.1) is 0 Å². The van der Waals surface area contributed by atoms with E-state index in [0.717, 1.165) is 51.8 Å². The molecule has 1 saturated heterocycles. The number of rotatable bonds is 9. The zero-order valence-electron chi connectivity index (χ0n) is 20.5. The van der Waals surface area contributed by atoms with Gasteiger partial charge in [0.2, 0.25) is 0 Å². The number of nitrogens with zero attached hydrogens (tertiary/aromatic N) is 3. The first-order valence-corrected chi connectivity index (χ1v) is 11.8. The summed E-state index contributed by atoms with van der Waals surface area (Å²) in [6.07, 6.45) is -0.409. The summed E-state index contributed by atoms with van der Waals surface area (Å²) in [7, 11) is 0. The van der Waals surface area contributed by atoms with Crippen LogP contribution in [0.2, 0.25) is 0 Å². The summed E-state index contributed by atoms with van der Waals surface area (Å²) in [6, 6.07) is 8.74. The molecule has 1 aliphatic heterocycles. The lowest BCUT2D eigenvalue weighted by Gasteiger charge is -2.34. The van der Waals surface area contributed by atoms with Crippen LogP contribution < -0.4 is 16.0 Å². The number of likely N-dealkylation sites (N-methyl/N-ethyl adjacent to an activating group) is 1. The second-order valence-electron chi connectivity index (χ2n) is 9.08. The van der Waals surface area contributed by atoms with E-state index in [1.165, 1.54) is 11.1 Å². The highest BCUT2D eigenvalue weighted by molar-refractivity contribution is 5.79. The molecule has 8 heteroatoms. The third-order valence-electron chi connectivity index (χ3n) is 5.19. The molecule has 8 nitrogen and oxygen atoms in total. The van der Waals surface area contributed by atoms with Crippen molar-refractivity contribution in [1.29, 1.82) is 0 Å². The summed E-state index contributed by atoms with van der Waals surface area (Å²) >= 11 is 0. The molecule has 2 rings (SSSR count). The first kappa shape index (κ1) is 25.9. The number of amides is 1. The van der Waals surface area contributed by atoms with Crippen molar-refractivity contribution in [1.82, 2.24) is 25.8 Å². The van der Waals surface area contributed by atoms with E-state index < -0.39 is 11.7 Å². The molecular formula is C24H42N6O2. The van der Waals surface area contributed by atoms with Crippen LogP contribution in [-0.4, -0.2) is 79.8 Å². The Labute approximate surface area is 193 Å².